The van der Waals surface area contributed by atoms with Crippen LogP contribution in [0.15, 0.2) is 72.8 Å². The first-order valence-corrected chi connectivity index (χ1v) is 18.2. The molecule has 0 unspecified atom stereocenters. The molecule has 7 rings (SSSR count). The molecule has 0 saturated carbocycles. The molecule has 3 aliphatic rings. The zero-order valence-electron chi connectivity index (χ0n) is 31.1. The Kier molecular flexibility index (Phi) is 12.6. The third-order valence-corrected chi connectivity index (χ3v) is 10.7. The van der Waals surface area contributed by atoms with Crippen LogP contribution in [0.4, 0.5) is 0 Å². The fourth-order valence-corrected chi connectivity index (χ4v) is 8.08. The van der Waals surface area contributed by atoms with Gasteiger partial charge in [-0.25, -0.2) is 11.6 Å². The Morgan fingerprint density at radius 3 is 1.88 bits per heavy atom. The summed E-state index contributed by atoms with van der Waals surface area (Å²) in [6, 6.07) is 24.9. The SMILES string of the molecule is CC1=[C-]C(C)(C)c2cc3c(cc21)-c1cc2c(cc1C3)C(C)(C)C=C2C.CCc1[cH-]c(C)cc1C(C)(C)C.C[C](=[Zr+2])c1ccccc1.[Cl-].[Cl-]. The van der Waals surface area contributed by atoms with E-state index in [4.69, 9.17) is 0 Å². The minimum atomic E-state index is 0. The van der Waals surface area contributed by atoms with Gasteiger partial charge < -0.3 is 24.8 Å². The molecule has 0 heterocycles. The van der Waals surface area contributed by atoms with E-state index < -0.39 is 0 Å². The Hall–Kier alpha value is -2.18. The Morgan fingerprint density at radius 1 is 0.812 bits per heavy atom. The van der Waals surface area contributed by atoms with E-state index in [0.717, 1.165) is 12.8 Å². The van der Waals surface area contributed by atoms with Crippen LogP contribution in [0.25, 0.3) is 22.3 Å². The molecule has 0 saturated heterocycles. The van der Waals surface area contributed by atoms with Gasteiger partial charge >= 0.3 is 70.3 Å². The Morgan fingerprint density at radius 2 is 1.38 bits per heavy atom. The van der Waals surface area contributed by atoms with E-state index in [0.29, 0.717) is 5.41 Å². The van der Waals surface area contributed by atoms with Crippen LogP contribution in [0.2, 0.25) is 0 Å². The van der Waals surface area contributed by atoms with Gasteiger partial charge in [-0.3, -0.25) is 6.08 Å². The van der Waals surface area contributed by atoms with Crippen molar-refractivity contribution in [2.45, 2.75) is 112 Å². The van der Waals surface area contributed by atoms with Crippen molar-refractivity contribution in [1.29, 1.82) is 0 Å². The fraction of sp³-hybridized carbons (Fsp3) is 0.378. The van der Waals surface area contributed by atoms with E-state index in [-0.39, 0.29) is 35.6 Å². The van der Waals surface area contributed by atoms with Crippen LogP contribution in [0, 0.1) is 13.0 Å². The van der Waals surface area contributed by atoms with Crippen LogP contribution in [-0.2, 0) is 53.3 Å². The molecular formula is C45H52Cl2Zr-2. The molecule has 0 radical (unpaired) electrons. The monoisotopic (exact) mass is 752 g/mol. The van der Waals surface area contributed by atoms with Crippen molar-refractivity contribution in [1.82, 2.24) is 0 Å². The zero-order chi connectivity index (χ0) is 33.8. The number of allylic oxidation sites excluding steroid dienone is 4. The zero-order valence-corrected chi connectivity index (χ0v) is 35.1. The quantitative estimate of drug-likeness (QED) is 0.200. The third kappa shape index (κ3) is 8.06. The molecule has 3 aliphatic carbocycles. The van der Waals surface area contributed by atoms with Crippen molar-refractivity contribution in [3.05, 3.63) is 135 Å². The summed E-state index contributed by atoms with van der Waals surface area (Å²) in [4.78, 5) is 0. The van der Waals surface area contributed by atoms with Gasteiger partial charge in [-0.1, -0.05) is 105 Å². The largest absolute Gasteiger partial charge is 1.00 e. The summed E-state index contributed by atoms with van der Waals surface area (Å²) < 4.78 is 1.46. The van der Waals surface area contributed by atoms with Crippen LogP contribution in [0.1, 0.15) is 132 Å². The van der Waals surface area contributed by atoms with Crippen LogP contribution in [0.5, 0.6) is 0 Å². The number of rotatable bonds is 2. The summed E-state index contributed by atoms with van der Waals surface area (Å²) in [6.45, 7) is 27.1. The molecule has 4 aromatic carbocycles. The number of hydrogen-bond donors (Lipinski definition) is 0. The fourth-order valence-electron chi connectivity index (χ4n) is 7.67. The Labute approximate surface area is 319 Å². The molecule has 0 nitrogen and oxygen atoms in total. The predicted octanol–water partition coefficient (Wildman–Crippen LogP) is 5.81. The van der Waals surface area contributed by atoms with Crippen LogP contribution in [-0.4, -0.2) is 3.21 Å². The number of hydrogen-bond acceptors (Lipinski definition) is 0. The maximum Gasteiger partial charge on any atom is -1.00 e. The van der Waals surface area contributed by atoms with Crippen molar-refractivity contribution in [3.8, 4) is 11.1 Å². The van der Waals surface area contributed by atoms with Gasteiger partial charge in [0, 0.05) is 5.41 Å². The van der Waals surface area contributed by atoms with E-state index in [1.54, 1.807) is 0 Å². The maximum atomic E-state index is 3.65. The number of aryl methyl sites for hydroxylation is 2. The van der Waals surface area contributed by atoms with Gasteiger partial charge in [0.2, 0.25) is 0 Å². The second-order valence-electron chi connectivity index (χ2n) is 15.8. The minimum absolute atomic E-state index is 0. The van der Waals surface area contributed by atoms with Crippen molar-refractivity contribution in [3.63, 3.8) is 0 Å². The number of fused-ring (bicyclic) bond motifs is 5. The second-order valence-corrected chi connectivity index (χ2v) is 17.6. The summed E-state index contributed by atoms with van der Waals surface area (Å²) in [7, 11) is 0. The molecule has 3 heteroatoms. The Balaban J connectivity index is 0.000000228. The molecule has 0 aliphatic heterocycles. The molecule has 252 valence electrons. The van der Waals surface area contributed by atoms with Crippen molar-refractivity contribution in [2.75, 3.05) is 0 Å². The summed E-state index contributed by atoms with van der Waals surface area (Å²) in [5.74, 6) is 0. The molecule has 0 atom stereocenters. The van der Waals surface area contributed by atoms with Crippen LogP contribution in [0.3, 0.4) is 0 Å². The van der Waals surface area contributed by atoms with E-state index >= 15 is 0 Å². The standard InChI is InChI=1S/C25H25.C12H19.C8H8.2ClH.Zr/c1-14-12-24(3,4)22-8-16-7-17-9-23-19(15(2)13-25(23,5)6)11-21(17)20(16)10-18(14)22;1-6-10-7-9(2)8-11(10)12(3,4)5;1-2-8-6-4-3-5-7-8;;;/h8-12H,7H2,1-6H3;7-8H,6H2,1-5H3;3-7H,1H3;2*1H;/q2*-1;;;;+2/p-2. The molecule has 48 heavy (non-hydrogen) atoms. The van der Waals surface area contributed by atoms with Crippen LogP contribution >= 0.6 is 0 Å². The average molecular weight is 755 g/mol. The minimum Gasteiger partial charge on any atom is -1.00 e. The molecule has 0 fully saturated rings. The number of benzene rings is 3. The second kappa shape index (κ2) is 15.0. The summed E-state index contributed by atoms with van der Waals surface area (Å²) in [6.07, 6.45) is 8.29. The van der Waals surface area contributed by atoms with Gasteiger partial charge in [0.1, 0.15) is 0 Å². The smallest absolute Gasteiger partial charge is 1.00 e. The van der Waals surface area contributed by atoms with Gasteiger partial charge in [-0.05, 0) is 58.4 Å². The van der Waals surface area contributed by atoms with E-state index in [1.807, 2.05) is 6.07 Å². The summed E-state index contributed by atoms with van der Waals surface area (Å²) >= 11 is 1.51. The molecule has 0 amide bonds. The molecule has 0 N–H and O–H groups in total. The predicted molar refractivity (Wildman–Crippen MR) is 198 cm³/mol. The molecule has 4 aromatic rings. The summed E-state index contributed by atoms with van der Waals surface area (Å²) in [5, 5.41) is 0. The topological polar surface area (TPSA) is 0 Å². The van der Waals surface area contributed by atoms with Gasteiger partial charge in [0.05, 0.1) is 0 Å². The molecule has 0 spiro atoms. The average Bonchev–Trinajstić information content (AvgIpc) is 3.67. The Bertz CT molecular complexity index is 1790. The van der Waals surface area contributed by atoms with E-state index in [2.05, 4.69) is 156 Å². The first kappa shape index (κ1) is 40.3. The van der Waals surface area contributed by atoms with Crippen molar-refractivity contribution in [2.24, 2.45) is 0 Å². The van der Waals surface area contributed by atoms with E-state index in [9.17, 15) is 0 Å². The van der Waals surface area contributed by atoms with Crippen molar-refractivity contribution < 1.29 is 49.0 Å². The maximum absolute atomic E-state index is 3.65. The van der Waals surface area contributed by atoms with Crippen LogP contribution < -0.4 is 24.8 Å². The first-order valence-electron chi connectivity index (χ1n) is 17.0. The van der Waals surface area contributed by atoms with Crippen molar-refractivity contribution >= 4 is 14.4 Å². The normalized spacial score (nSPS) is 15.5. The molecule has 0 aromatic heterocycles. The van der Waals surface area contributed by atoms with Gasteiger partial charge in [0.25, 0.3) is 0 Å². The van der Waals surface area contributed by atoms with E-state index in [1.165, 1.54) is 105 Å². The van der Waals surface area contributed by atoms with Gasteiger partial charge in [-0.15, -0.1) is 11.6 Å². The van der Waals surface area contributed by atoms with Gasteiger partial charge in [0.15, 0.2) is 0 Å². The molecular weight excluding hydrogens is 703 g/mol. The number of halogens is 2. The third-order valence-electron chi connectivity index (χ3n) is 9.95. The van der Waals surface area contributed by atoms with Gasteiger partial charge in [-0.2, -0.15) is 28.3 Å². The summed E-state index contributed by atoms with van der Waals surface area (Å²) in [5.41, 5.74) is 20.7. The molecule has 0 bridgehead atoms. The first-order chi connectivity index (χ1) is 21.4.